The van der Waals surface area contributed by atoms with Crippen LogP contribution in [0.1, 0.15) is 20.8 Å². The van der Waals surface area contributed by atoms with Gasteiger partial charge in [0.1, 0.15) is 35.9 Å². The fraction of sp³-hybridized carbons (Fsp3) is 0.143. The first kappa shape index (κ1) is 23.3. The van der Waals surface area contributed by atoms with Crippen LogP contribution in [0.15, 0.2) is 96.4 Å². The van der Waals surface area contributed by atoms with Crippen LogP contribution >= 0.6 is 18.6 Å². The van der Waals surface area contributed by atoms with Gasteiger partial charge in [0.05, 0.1) is 4.88 Å². The molecule has 5 heteroatoms. The number of rotatable bonds is 9. The van der Waals surface area contributed by atoms with E-state index >= 15 is 0 Å². The van der Waals surface area contributed by atoms with Crippen molar-refractivity contribution in [1.82, 2.24) is 0 Å². The Morgan fingerprint density at radius 1 is 0.788 bits per heavy atom. The Bertz CT molecular complexity index is 1140. The summed E-state index contributed by atoms with van der Waals surface area (Å²) in [4.78, 5) is 26.4. The van der Waals surface area contributed by atoms with E-state index in [4.69, 9.17) is 0 Å². The maximum absolute atomic E-state index is 13.7. The van der Waals surface area contributed by atoms with Gasteiger partial charge in [-0.25, -0.2) is 0 Å². The Morgan fingerprint density at radius 2 is 1.24 bits per heavy atom. The first-order valence-electron chi connectivity index (χ1n) is 10.8. The van der Waals surface area contributed by atoms with Gasteiger partial charge in [-0.2, -0.15) is 0 Å². The molecule has 0 amide bonds. The summed E-state index contributed by atoms with van der Waals surface area (Å²) in [5.74, 6) is -0.237. The van der Waals surface area contributed by atoms with Gasteiger partial charge in [-0.3, -0.25) is 9.59 Å². The number of hydrogen-bond acceptors (Lipinski definition) is 4. The van der Waals surface area contributed by atoms with Crippen LogP contribution in [0.2, 0.25) is 0 Å². The van der Waals surface area contributed by atoms with Gasteiger partial charge >= 0.3 is 0 Å². The summed E-state index contributed by atoms with van der Waals surface area (Å²) >= 11 is 1.31. The Balaban J connectivity index is 1.82. The van der Waals surface area contributed by atoms with Crippen molar-refractivity contribution in [2.75, 3.05) is 12.8 Å². The molecule has 0 radical (unpaired) electrons. The maximum atomic E-state index is 13.7. The lowest BCUT2D eigenvalue weighted by atomic mass is 10.0. The van der Waals surface area contributed by atoms with Crippen LogP contribution in [-0.2, 0) is 11.2 Å². The van der Waals surface area contributed by atoms with Crippen molar-refractivity contribution in [2.24, 2.45) is 0 Å². The number of carbonyl (C=O) groups is 2. The van der Waals surface area contributed by atoms with Crippen molar-refractivity contribution in [3.05, 3.63) is 112 Å². The fourth-order valence-electron chi connectivity index (χ4n) is 4.28. The highest BCUT2D eigenvalue weighted by Crippen LogP contribution is 2.55. The molecule has 0 aliphatic heterocycles. The number of thiophene rings is 1. The van der Waals surface area contributed by atoms with Gasteiger partial charge in [0.2, 0.25) is 0 Å². The largest absolute Gasteiger partial charge is 0.388 e. The number of ketones is 2. The van der Waals surface area contributed by atoms with Gasteiger partial charge in [0.25, 0.3) is 0 Å². The summed E-state index contributed by atoms with van der Waals surface area (Å²) in [7, 11) is -2.27. The van der Waals surface area contributed by atoms with Crippen LogP contribution in [0.25, 0.3) is 0 Å². The zero-order chi connectivity index (χ0) is 23.3. The summed E-state index contributed by atoms with van der Waals surface area (Å²) in [5, 5.41) is 14.7. The van der Waals surface area contributed by atoms with Crippen LogP contribution in [0.5, 0.6) is 0 Å². The van der Waals surface area contributed by atoms with Gasteiger partial charge in [-0.15, -0.1) is 11.3 Å². The van der Waals surface area contributed by atoms with Gasteiger partial charge < -0.3 is 5.11 Å². The van der Waals surface area contributed by atoms with Crippen LogP contribution in [0.4, 0.5) is 0 Å². The highest BCUT2D eigenvalue weighted by molar-refractivity contribution is 7.96. The molecule has 0 aliphatic rings. The molecule has 1 aromatic heterocycles. The zero-order valence-corrected chi connectivity index (χ0v) is 20.2. The molecule has 0 spiro atoms. The SMILES string of the molecule is Cc1csc(C(=O)CO)c1CC(=O)C[P+](c1ccccc1)(c1ccccc1)c1ccccc1. The first-order chi connectivity index (χ1) is 16.1. The van der Waals surface area contributed by atoms with Crippen LogP contribution in [0, 0.1) is 6.92 Å². The fourth-order valence-corrected chi connectivity index (χ4v) is 9.41. The van der Waals surface area contributed by atoms with Crippen LogP contribution in [-0.4, -0.2) is 29.4 Å². The van der Waals surface area contributed by atoms with Crippen molar-refractivity contribution >= 4 is 46.1 Å². The van der Waals surface area contributed by atoms with E-state index < -0.39 is 13.9 Å². The van der Waals surface area contributed by atoms with Gasteiger partial charge in [-0.1, -0.05) is 54.6 Å². The van der Waals surface area contributed by atoms with E-state index in [1.165, 1.54) is 11.3 Å². The summed E-state index contributed by atoms with van der Waals surface area (Å²) in [5.41, 5.74) is 1.67. The van der Waals surface area contributed by atoms with Gasteiger partial charge in [0, 0.05) is 6.42 Å². The molecule has 1 heterocycles. The third-order valence-corrected chi connectivity index (χ3v) is 11.4. The molecule has 0 bridgehead atoms. The lowest BCUT2D eigenvalue weighted by Crippen LogP contribution is -2.36. The average molecular weight is 474 g/mol. The maximum Gasteiger partial charge on any atom is 0.198 e. The van der Waals surface area contributed by atoms with Crippen molar-refractivity contribution in [2.45, 2.75) is 13.3 Å². The molecule has 4 aromatic rings. The lowest BCUT2D eigenvalue weighted by Gasteiger charge is -2.27. The average Bonchev–Trinajstić information content (AvgIpc) is 3.23. The van der Waals surface area contributed by atoms with Gasteiger partial charge in [-0.05, 0) is 59.8 Å². The van der Waals surface area contributed by atoms with E-state index in [1.807, 2.05) is 66.9 Å². The predicted molar refractivity (Wildman–Crippen MR) is 139 cm³/mol. The van der Waals surface area contributed by atoms with Gasteiger partial charge in [0.15, 0.2) is 11.6 Å². The number of Topliss-reactive ketones (excluding diaryl/α,β-unsaturated/α-hetero) is 2. The number of carbonyl (C=O) groups excluding carboxylic acids is 2. The molecule has 0 atom stereocenters. The lowest BCUT2D eigenvalue weighted by molar-refractivity contribution is -0.116. The molecule has 33 heavy (non-hydrogen) atoms. The third kappa shape index (κ3) is 4.74. The quantitative estimate of drug-likeness (QED) is 0.291. The molecule has 0 fully saturated rings. The number of aryl methyl sites for hydroxylation is 1. The van der Waals surface area contributed by atoms with E-state index in [0.717, 1.165) is 27.0 Å². The summed E-state index contributed by atoms with van der Waals surface area (Å²) in [6.07, 6.45) is 0.553. The molecular weight excluding hydrogens is 447 g/mol. The molecule has 0 unspecified atom stereocenters. The molecular formula is C28H26O3PS+. The minimum Gasteiger partial charge on any atom is -0.388 e. The van der Waals surface area contributed by atoms with E-state index in [2.05, 4.69) is 36.4 Å². The number of aliphatic hydroxyl groups is 1. The van der Waals surface area contributed by atoms with Crippen molar-refractivity contribution in [3.63, 3.8) is 0 Å². The Hall–Kier alpha value is -2.91. The molecule has 1 N–H and O–H groups in total. The molecule has 3 aromatic carbocycles. The van der Waals surface area contributed by atoms with Crippen molar-refractivity contribution in [3.8, 4) is 0 Å². The minimum absolute atomic E-state index is 0.0911. The minimum atomic E-state index is -2.27. The first-order valence-corrected chi connectivity index (χ1v) is 13.7. The monoisotopic (exact) mass is 473 g/mol. The second kappa shape index (κ2) is 10.4. The smallest absolute Gasteiger partial charge is 0.198 e. The molecule has 0 saturated heterocycles. The topological polar surface area (TPSA) is 54.4 Å². The summed E-state index contributed by atoms with van der Waals surface area (Å²) < 4.78 is 0. The second-order valence-electron chi connectivity index (χ2n) is 8.00. The number of hydrogen-bond donors (Lipinski definition) is 1. The van der Waals surface area contributed by atoms with Crippen molar-refractivity contribution in [1.29, 1.82) is 0 Å². The predicted octanol–water partition coefficient (Wildman–Crippen LogP) is 4.34. The summed E-state index contributed by atoms with van der Waals surface area (Å²) in [6.45, 7) is 1.37. The molecule has 0 aliphatic carbocycles. The van der Waals surface area contributed by atoms with Crippen LogP contribution < -0.4 is 15.9 Å². The normalized spacial score (nSPS) is 11.3. The molecule has 3 nitrogen and oxygen atoms in total. The van der Waals surface area contributed by atoms with E-state index in [0.29, 0.717) is 11.0 Å². The zero-order valence-electron chi connectivity index (χ0n) is 18.5. The number of aliphatic hydroxyl groups excluding tert-OH is 1. The van der Waals surface area contributed by atoms with E-state index in [9.17, 15) is 14.7 Å². The van der Waals surface area contributed by atoms with E-state index in [1.54, 1.807) is 0 Å². The number of benzene rings is 3. The second-order valence-corrected chi connectivity index (χ2v) is 12.4. The third-order valence-electron chi connectivity index (χ3n) is 5.88. The molecule has 166 valence electrons. The highest BCUT2D eigenvalue weighted by Gasteiger charge is 2.47. The Labute approximate surface area is 199 Å². The van der Waals surface area contributed by atoms with Crippen LogP contribution in [0.3, 0.4) is 0 Å². The van der Waals surface area contributed by atoms with E-state index in [-0.39, 0.29) is 18.0 Å². The molecule has 4 rings (SSSR count). The summed E-state index contributed by atoms with van der Waals surface area (Å²) in [6, 6.07) is 30.9. The Kier molecular flexibility index (Phi) is 7.29. The molecule has 0 saturated carbocycles. The standard InChI is InChI=1S/C28H26O3PS/c1-21-20-33-28(27(31)18-29)26(21)17-22(30)19-32(23-11-5-2-6-12-23,24-13-7-3-8-14-24)25-15-9-4-10-16-25/h2-16,20,29H,17-19H2,1H3/q+1. The highest BCUT2D eigenvalue weighted by atomic mass is 32.1. The Morgan fingerprint density at radius 3 is 1.67 bits per heavy atom. The van der Waals surface area contributed by atoms with Crippen molar-refractivity contribution < 1.29 is 14.7 Å².